The van der Waals surface area contributed by atoms with Crippen LogP contribution < -0.4 is 0 Å². The summed E-state index contributed by atoms with van der Waals surface area (Å²) in [7, 11) is 0. The fourth-order valence-corrected chi connectivity index (χ4v) is 4.74. The number of fused-ring (bicyclic) bond motifs is 2. The van der Waals surface area contributed by atoms with Gasteiger partial charge in [-0.05, 0) is 67.6 Å². The first-order valence-corrected chi connectivity index (χ1v) is 6.66. The van der Waals surface area contributed by atoms with E-state index >= 15 is 0 Å². The van der Waals surface area contributed by atoms with Gasteiger partial charge < -0.3 is 5.11 Å². The average molecular weight is 208 g/mol. The Morgan fingerprint density at radius 1 is 1.13 bits per heavy atom. The van der Waals surface area contributed by atoms with Gasteiger partial charge in [-0.3, -0.25) is 0 Å². The van der Waals surface area contributed by atoms with Crippen LogP contribution in [0.2, 0.25) is 0 Å². The summed E-state index contributed by atoms with van der Waals surface area (Å²) in [5, 5.41) is 10.0. The van der Waals surface area contributed by atoms with Crippen molar-refractivity contribution < 1.29 is 5.11 Å². The van der Waals surface area contributed by atoms with Gasteiger partial charge in [0.25, 0.3) is 0 Å². The van der Waals surface area contributed by atoms with E-state index in [9.17, 15) is 5.11 Å². The van der Waals surface area contributed by atoms with Gasteiger partial charge in [0, 0.05) is 0 Å². The summed E-state index contributed by atoms with van der Waals surface area (Å²) in [6.45, 7) is 6.93. The van der Waals surface area contributed by atoms with Gasteiger partial charge in [-0.25, -0.2) is 0 Å². The predicted octanol–water partition coefficient (Wildman–Crippen LogP) is 3.22. The SMILES string of the molecule is CC(O)C1(C2CCC3CC2C3(C)C)CC1. The Hall–Kier alpha value is -0.0400. The molecule has 4 aliphatic carbocycles. The van der Waals surface area contributed by atoms with Gasteiger partial charge in [0.2, 0.25) is 0 Å². The summed E-state index contributed by atoms with van der Waals surface area (Å²) in [6, 6.07) is 0. The Balaban J connectivity index is 1.83. The summed E-state index contributed by atoms with van der Waals surface area (Å²) >= 11 is 0. The lowest BCUT2D eigenvalue weighted by Gasteiger charge is -2.62. The highest BCUT2D eigenvalue weighted by Crippen LogP contribution is 2.70. The van der Waals surface area contributed by atoms with Crippen LogP contribution in [-0.4, -0.2) is 11.2 Å². The van der Waals surface area contributed by atoms with E-state index in [1.165, 1.54) is 32.1 Å². The minimum Gasteiger partial charge on any atom is -0.393 e. The first-order chi connectivity index (χ1) is 6.98. The van der Waals surface area contributed by atoms with Gasteiger partial charge >= 0.3 is 0 Å². The van der Waals surface area contributed by atoms with Gasteiger partial charge in [0.15, 0.2) is 0 Å². The molecule has 0 amide bonds. The van der Waals surface area contributed by atoms with Gasteiger partial charge in [-0.15, -0.1) is 0 Å². The highest BCUT2D eigenvalue weighted by atomic mass is 16.3. The van der Waals surface area contributed by atoms with Crippen molar-refractivity contribution >= 4 is 0 Å². The third kappa shape index (κ3) is 1.13. The molecule has 0 aromatic heterocycles. The van der Waals surface area contributed by atoms with Crippen LogP contribution >= 0.6 is 0 Å². The van der Waals surface area contributed by atoms with Crippen LogP contribution in [0.5, 0.6) is 0 Å². The largest absolute Gasteiger partial charge is 0.393 e. The fourth-order valence-electron chi connectivity index (χ4n) is 4.74. The molecule has 0 saturated heterocycles. The molecule has 0 spiro atoms. The van der Waals surface area contributed by atoms with Crippen LogP contribution in [0.3, 0.4) is 0 Å². The second-order valence-corrected chi connectivity index (χ2v) is 6.95. The Morgan fingerprint density at radius 3 is 2.20 bits per heavy atom. The molecule has 4 fully saturated rings. The summed E-state index contributed by atoms with van der Waals surface area (Å²) in [6.07, 6.45) is 6.76. The molecule has 4 atom stereocenters. The molecule has 4 saturated carbocycles. The lowest BCUT2D eigenvalue weighted by atomic mass is 9.43. The van der Waals surface area contributed by atoms with E-state index in [0.29, 0.717) is 10.8 Å². The van der Waals surface area contributed by atoms with Crippen LogP contribution in [0.1, 0.15) is 52.9 Å². The second-order valence-electron chi connectivity index (χ2n) is 6.95. The van der Waals surface area contributed by atoms with Crippen molar-refractivity contribution in [2.24, 2.45) is 28.6 Å². The summed E-state index contributed by atoms with van der Waals surface area (Å²) < 4.78 is 0. The predicted molar refractivity (Wildman–Crippen MR) is 61.4 cm³/mol. The highest BCUT2D eigenvalue weighted by molar-refractivity contribution is 5.12. The number of aliphatic hydroxyl groups excluding tert-OH is 1. The van der Waals surface area contributed by atoms with Crippen molar-refractivity contribution in [3.63, 3.8) is 0 Å². The molecule has 0 aromatic carbocycles. The standard InChI is InChI=1S/C14H24O/c1-9(15)14(6-7-14)11-5-4-10-8-12(11)13(10,2)3/h9-12,15H,4-8H2,1-3H3. The zero-order valence-electron chi connectivity index (χ0n) is 10.3. The zero-order valence-corrected chi connectivity index (χ0v) is 10.3. The maximum absolute atomic E-state index is 10.0. The number of hydrogen-bond acceptors (Lipinski definition) is 1. The highest BCUT2D eigenvalue weighted by Gasteiger charge is 2.63. The van der Waals surface area contributed by atoms with Crippen molar-refractivity contribution in [1.82, 2.24) is 0 Å². The van der Waals surface area contributed by atoms with Crippen molar-refractivity contribution in [2.45, 2.75) is 59.0 Å². The van der Waals surface area contributed by atoms with E-state index in [-0.39, 0.29) is 6.10 Å². The molecule has 1 N–H and O–H groups in total. The maximum Gasteiger partial charge on any atom is 0.0571 e. The first-order valence-electron chi connectivity index (χ1n) is 6.66. The smallest absolute Gasteiger partial charge is 0.0571 e. The lowest BCUT2D eigenvalue weighted by Crippen LogP contribution is -2.55. The van der Waals surface area contributed by atoms with E-state index in [1.54, 1.807) is 0 Å². The lowest BCUT2D eigenvalue weighted by molar-refractivity contribution is -0.140. The Kier molecular flexibility index (Phi) is 1.89. The van der Waals surface area contributed by atoms with Crippen LogP contribution in [0.4, 0.5) is 0 Å². The quantitative estimate of drug-likeness (QED) is 0.738. The third-order valence-corrected chi connectivity index (χ3v) is 6.26. The summed E-state index contributed by atoms with van der Waals surface area (Å²) in [5.41, 5.74) is 0.917. The molecule has 0 heterocycles. The number of hydrogen-bond donors (Lipinski definition) is 1. The van der Waals surface area contributed by atoms with Crippen molar-refractivity contribution in [2.75, 3.05) is 0 Å². The monoisotopic (exact) mass is 208 g/mol. The summed E-state index contributed by atoms with van der Waals surface area (Å²) in [4.78, 5) is 0. The zero-order chi connectivity index (χ0) is 10.8. The summed E-state index contributed by atoms with van der Waals surface area (Å²) in [5.74, 6) is 2.73. The van der Waals surface area contributed by atoms with Gasteiger partial charge in [0.1, 0.15) is 0 Å². The second kappa shape index (κ2) is 2.80. The molecule has 1 nitrogen and oxygen atoms in total. The van der Waals surface area contributed by atoms with Gasteiger partial charge in [0.05, 0.1) is 6.10 Å². The van der Waals surface area contributed by atoms with E-state index in [4.69, 9.17) is 0 Å². The normalized spacial score (nSPS) is 46.8. The van der Waals surface area contributed by atoms with Crippen molar-refractivity contribution in [3.8, 4) is 0 Å². The molecule has 4 unspecified atom stereocenters. The van der Waals surface area contributed by atoms with Crippen molar-refractivity contribution in [1.29, 1.82) is 0 Å². The minimum absolute atomic E-state index is 0.0737. The van der Waals surface area contributed by atoms with Gasteiger partial charge in [-0.2, -0.15) is 0 Å². The molecular weight excluding hydrogens is 184 g/mol. The minimum atomic E-state index is -0.0737. The molecule has 4 rings (SSSR count). The third-order valence-electron chi connectivity index (χ3n) is 6.26. The van der Waals surface area contributed by atoms with E-state index in [1.807, 2.05) is 6.92 Å². The molecule has 2 bridgehead atoms. The molecular formula is C14H24O. The molecule has 4 aliphatic rings. The van der Waals surface area contributed by atoms with Crippen molar-refractivity contribution in [3.05, 3.63) is 0 Å². The Morgan fingerprint density at radius 2 is 1.80 bits per heavy atom. The molecule has 0 radical (unpaired) electrons. The topological polar surface area (TPSA) is 20.2 Å². The Bertz CT molecular complexity index is 273. The molecule has 86 valence electrons. The van der Waals surface area contributed by atoms with Gasteiger partial charge in [-0.1, -0.05) is 13.8 Å². The van der Waals surface area contributed by atoms with Crippen LogP contribution in [0.25, 0.3) is 0 Å². The van der Waals surface area contributed by atoms with E-state index < -0.39 is 0 Å². The number of aliphatic hydroxyl groups is 1. The van der Waals surface area contributed by atoms with Crippen LogP contribution in [0.15, 0.2) is 0 Å². The van der Waals surface area contributed by atoms with E-state index in [0.717, 1.165) is 17.8 Å². The average Bonchev–Trinajstić information content (AvgIpc) is 2.98. The molecule has 0 aromatic rings. The van der Waals surface area contributed by atoms with Crippen LogP contribution in [0, 0.1) is 28.6 Å². The van der Waals surface area contributed by atoms with Crippen LogP contribution in [-0.2, 0) is 0 Å². The number of rotatable bonds is 2. The molecule has 0 aliphatic heterocycles. The first kappa shape index (κ1) is 10.1. The van der Waals surface area contributed by atoms with E-state index in [2.05, 4.69) is 13.8 Å². The maximum atomic E-state index is 10.0. The fraction of sp³-hybridized carbons (Fsp3) is 1.00. The molecule has 15 heavy (non-hydrogen) atoms. The Labute approximate surface area is 93.3 Å². The molecule has 1 heteroatoms.